The van der Waals surface area contributed by atoms with E-state index >= 15 is 0 Å². The first-order valence-corrected chi connectivity index (χ1v) is 14.9. The number of nitrogens with zero attached hydrogens (tertiary/aromatic N) is 2. The van der Waals surface area contributed by atoms with Gasteiger partial charge in [0.15, 0.2) is 0 Å². The molecule has 3 aromatic carbocycles. The predicted octanol–water partition coefficient (Wildman–Crippen LogP) is 9.49. The van der Waals surface area contributed by atoms with E-state index in [-0.39, 0.29) is 0 Å². The molecule has 1 atom stereocenters. The minimum absolute atomic E-state index is 0.404. The van der Waals surface area contributed by atoms with Crippen LogP contribution in [0.2, 0.25) is 0 Å². The number of aromatic nitrogens is 2. The van der Waals surface area contributed by atoms with Crippen LogP contribution in [0.15, 0.2) is 152 Å². The number of hydrogen-bond donors (Lipinski definition) is 1. The molecule has 1 aliphatic carbocycles. The van der Waals surface area contributed by atoms with Gasteiger partial charge in [-0.05, 0) is 102 Å². The monoisotopic (exact) mass is 555 g/mol. The highest BCUT2D eigenvalue weighted by atomic mass is 15.0. The molecule has 0 fully saturated rings. The molecule has 1 unspecified atom stereocenters. The Morgan fingerprint density at radius 2 is 1.35 bits per heavy atom. The summed E-state index contributed by atoms with van der Waals surface area (Å²) in [6.45, 7) is 2.25. The highest BCUT2D eigenvalue weighted by molar-refractivity contribution is 5.89. The first kappa shape index (κ1) is 26.6. The van der Waals surface area contributed by atoms with Crippen LogP contribution >= 0.6 is 0 Å². The van der Waals surface area contributed by atoms with Gasteiger partial charge in [0.2, 0.25) is 0 Å². The molecule has 7 rings (SSSR count). The van der Waals surface area contributed by atoms with Crippen molar-refractivity contribution in [3.05, 3.63) is 174 Å². The minimum Gasteiger partial charge on any atom is -0.372 e. The topological polar surface area (TPSA) is 37.8 Å². The maximum atomic E-state index is 4.94. The Bertz CT molecular complexity index is 1870. The lowest BCUT2D eigenvalue weighted by Crippen LogP contribution is -2.38. The summed E-state index contributed by atoms with van der Waals surface area (Å²) in [6.07, 6.45) is 17.4. The van der Waals surface area contributed by atoms with Gasteiger partial charge in [0.25, 0.3) is 0 Å². The quantitative estimate of drug-likeness (QED) is 0.227. The van der Waals surface area contributed by atoms with Crippen molar-refractivity contribution in [3.63, 3.8) is 0 Å². The number of allylic oxidation sites excluding steroid dienone is 6. The summed E-state index contributed by atoms with van der Waals surface area (Å²) >= 11 is 0. The smallest absolute Gasteiger partial charge is 0.0790 e. The summed E-state index contributed by atoms with van der Waals surface area (Å²) in [5.74, 6) is 0. The molecule has 43 heavy (non-hydrogen) atoms. The van der Waals surface area contributed by atoms with Crippen molar-refractivity contribution in [2.24, 2.45) is 0 Å². The van der Waals surface area contributed by atoms with Crippen LogP contribution in [0, 0.1) is 0 Å². The number of dihydropyridines is 1. The van der Waals surface area contributed by atoms with E-state index in [2.05, 4.69) is 140 Å². The lowest BCUT2D eigenvalue weighted by molar-refractivity contribution is 0.538. The van der Waals surface area contributed by atoms with Crippen molar-refractivity contribution in [2.75, 3.05) is 0 Å². The third-order valence-electron chi connectivity index (χ3n) is 8.21. The number of benzene rings is 3. The molecule has 0 bridgehead atoms. The summed E-state index contributed by atoms with van der Waals surface area (Å²) in [5.41, 5.74) is 11.7. The Balaban J connectivity index is 1.38. The maximum absolute atomic E-state index is 4.94. The van der Waals surface area contributed by atoms with Crippen LogP contribution in [0.25, 0.3) is 39.4 Å². The molecule has 0 saturated heterocycles. The number of nitrogens with one attached hydrogen (secondary N) is 1. The van der Waals surface area contributed by atoms with E-state index in [0.717, 1.165) is 63.3 Å². The van der Waals surface area contributed by atoms with Gasteiger partial charge < -0.3 is 5.32 Å². The lowest BCUT2D eigenvalue weighted by Gasteiger charge is -2.35. The fourth-order valence-electron chi connectivity index (χ4n) is 5.93. The van der Waals surface area contributed by atoms with Gasteiger partial charge in [-0.3, -0.25) is 9.97 Å². The zero-order valence-corrected chi connectivity index (χ0v) is 24.2. The first-order valence-electron chi connectivity index (χ1n) is 14.9. The Hall–Kier alpha value is -5.28. The largest absolute Gasteiger partial charge is 0.372 e. The molecule has 0 amide bonds. The molecule has 0 spiro atoms. The highest BCUT2D eigenvalue weighted by Crippen LogP contribution is 2.38. The SMILES string of the molecule is CC1(c2ccccc2)C=C(c2cc(-c3ccccn3)cc(-c3ccc(C4=CCCC=C4)cn3)c2)C=C(c2ccccc2)N1. The Morgan fingerprint density at radius 1 is 0.628 bits per heavy atom. The van der Waals surface area contributed by atoms with Gasteiger partial charge in [-0.2, -0.15) is 0 Å². The normalized spacial score (nSPS) is 17.8. The first-order chi connectivity index (χ1) is 21.1. The summed E-state index contributed by atoms with van der Waals surface area (Å²) in [5, 5.41) is 3.84. The Morgan fingerprint density at radius 3 is 2.02 bits per heavy atom. The van der Waals surface area contributed by atoms with Crippen molar-refractivity contribution in [3.8, 4) is 22.5 Å². The number of pyridine rings is 2. The van der Waals surface area contributed by atoms with Crippen LogP contribution in [0.3, 0.4) is 0 Å². The molecular weight excluding hydrogens is 522 g/mol. The Kier molecular flexibility index (Phi) is 7.14. The van der Waals surface area contributed by atoms with Gasteiger partial charge in [0.1, 0.15) is 0 Å². The lowest BCUT2D eigenvalue weighted by atomic mass is 9.83. The van der Waals surface area contributed by atoms with Gasteiger partial charge in [-0.1, -0.05) is 91.0 Å². The van der Waals surface area contributed by atoms with Crippen molar-refractivity contribution < 1.29 is 0 Å². The average Bonchev–Trinajstić information content (AvgIpc) is 3.09. The zero-order chi connectivity index (χ0) is 29.1. The fraction of sp³-hybridized carbons (Fsp3) is 0.100. The third-order valence-corrected chi connectivity index (χ3v) is 8.21. The molecule has 0 saturated carbocycles. The van der Waals surface area contributed by atoms with E-state index in [4.69, 9.17) is 9.97 Å². The summed E-state index contributed by atoms with van der Waals surface area (Å²) < 4.78 is 0. The van der Waals surface area contributed by atoms with Crippen LogP contribution in [0.5, 0.6) is 0 Å². The second kappa shape index (κ2) is 11.5. The molecule has 2 aromatic heterocycles. The van der Waals surface area contributed by atoms with Gasteiger partial charge in [-0.25, -0.2) is 0 Å². The molecule has 5 aromatic rings. The van der Waals surface area contributed by atoms with E-state index in [0.29, 0.717) is 0 Å². The molecule has 3 nitrogen and oxygen atoms in total. The van der Waals surface area contributed by atoms with Crippen LogP contribution < -0.4 is 5.32 Å². The average molecular weight is 556 g/mol. The fourth-order valence-corrected chi connectivity index (χ4v) is 5.93. The maximum Gasteiger partial charge on any atom is 0.0790 e. The summed E-state index contributed by atoms with van der Waals surface area (Å²) in [4.78, 5) is 9.64. The molecule has 3 heterocycles. The van der Waals surface area contributed by atoms with E-state index in [9.17, 15) is 0 Å². The standard InChI is InChI=1S/C40H33N3/c1-40(36-17-9-4-10-18-36)27-35(26-39(43-40)30-15-7-3-8-16-30)32-23-33(37-19-11-12-22-41-37)25-34(24-32)38-21-20-31(28-42-38)29-13-5-2-6-14-29/h3-5,7-28,43H,2,6H2,1H3. The molecule has 1 aliphatic heterocycles. The molecule has 3 heteroatoms. The van der Waals surface area contributed by atoms with Crippen molar-refractivity contribution >= 4 is 16.8 Å². The van der Waals surface area contributed by atoms with Gasteiger partial charge in [0, 0.05) is 29.2 Å². The van der Waals surface area contributed by atoms with Crippen molar-refractivity contribution in [1.29, 1.82) is 0 Å². The zero-order valence-electron chi connectivity index (χ0n) is 24.2. The van der Waals surface area contributed by atoms with Crippen LogP contribution in [-0.4, -0.2) is 9.97 Å². The van der Waals surface area contributed by atoms with Crippen LogP contribution in [0.4, 0.5) is 0 Å². The highest BCUT2D eigenvalue weighted by Gasteiger charge is 2.29. The van der Waals surface area contributed by atoms with E-state index in [1.165, 1.54) is 11.1 Å². The van der Waals surface area contributed by atoms with Crippen LogP contribution in [0.1, 0.15) is 42.0 Å². The van der Waals surface area contributed by atoms with E-state index in [1.807, 2.05) is 24.5 Å². The van der Waals surface area contributed by atoms with Gasteiger partial charge >= 0.3 is 0 Å². The van der Waals surface area contributed by atoms with Gasteiger partial charge in [-0.15, -0.1) is 0 Å². The van der Waals surface area contributed by atoms with E-state index in [1.54, 1.807) is 0 Å². The number of hydrogen-bond acceptors (Lipinski definition) is 3. The summed E-state index contributed by atoms with van der Waals surface area (Å²) in [6, 6.07) is 38.3. The molecule has 1 N–H and O–H groups in total. The number of rotatable bonds is 6. The minimum atomic E-state index is -0.404. The van der Waals surface area contributed by atoms with Crippen molar-refractivity contribution in [1.82, 2.24) is 15.3 Å². The molecule has 0 radical (unpaired) electrons. The summed E-state index contributed by atoms with van der Waals surface area (Å²) in [7, 11) is 0. The second-order valence-electron chi connectivity index (χ2n) is 11.3. The predicted molar refractivity (Wildman–Crippen MR) is 179 cm³/mol. The second-order valence-corrected chi connectivity index (χ2v) is 11.3. The molecular formula is C40H33N3. The third kappa shape index (κ3) is 5.62. The molecule has 208 valence electrons. The van der Waals surface area contributed by atoms with Crippen molar-refractivity contribution in [2.45, 2.75) is 25.3 Å². The van der Waals surface area contributed by atoms with E-state index < -0.39 is 5.54 Å². The Labute approximate surface area is 253 Å². The van der Waals surface area contributed by atoms with Gasteiger partial charge in [0.05, 0.1) is 16.9 Å². The van der Waals surface area contributed by atoms with Crippen LogP contribution in [-0.2, 0) is 5.54 Å². The molecule has 2 aliphatic rings.